The lowest BCUT2D eigenvalue weighted by Crippen LogP contribution is -1.88. The Labute approximate surface area is 53.8 Å². The van der Waals surface area contributed by atoms with Crippen molar-refractivity contribution >= 4 is 5.95 Å². The molecule has 1 aromatic rings. The summed E-state index contributed by atoms with van der Waals surface area (Å²) < 4.78 is 0. The molecule has 1 aromatic heterocycles. The third-order valence-corrected chi connectivity index (χ3v) is 0.507. The molecule has 9 heteroatoms. The smallest absolute Gasteiger partial charge is 0.412 e. The first-order valence-electron chi connectivity index (χ1n) is 1.69. The standard InChI is InChI=1S/CHN5O2.2H2O/c7-6(8)1-2-4-5-3-1;;/h(H,2,3,4,5);2*1H2. The van der Waals surface area contributed by atoms with Gasteiger partial charge in [-0.2, -0.15) is 0 Å². The molecule has 0 amide bonds. The van der Waals surface area contributed by atoms with Gasteiger partial charge >= 0.3 is 5.95 Å². The van der Waals surface area contributed by atoms with Crippen LogP contribution < -0.4 is 0 Å². The van der Waals surface area contributed by atoms with E-state index >= 15 is 0 Å². The lowest BCUT2D eigenvalue weighted by molar-refractivity contribution is -0.394. The van der Waals surface area contributed by atoms with Crippen molar-refractivity contribution in [1.82, 2.24) is 20.6 Å². The van der Waals surface area contributed by atoms with E-state index < -0.39 is 10.9 Å². The number of aromatic nitrogens is 4. The van der Waals surface area contributed by atoms with E-state index in [9.17, 15) is 10.1 Å². The number of nitro groups is 1. The summed E-state index contributed by atoms with van der Waals surface area (Å²) in [4.78, 5) is 8.99. The lowest BCUT2D eigenvalue weighted by Gasteiger charge is -1.81. The number of tetrazole rings is 1. The molecule has 0 fully saturated rings. The summed E-state index contributed by atoms with van der Waals surface area (Å²) in [5.41, 5.74) is 0. The van der Waals surface area contributed by atoms with Gasteiger partial charge in [-0.05, 0) is 4.92 Å². The second-order valence-electron chi connectivity index (χ2n) is 0.982. The van der Waals surface area contributed by atoms with Crippen molar-refractivity contribution in [1.29, 1.82) is 0 Å². The van der Waals surface area contributed by atoms with Gasteiger partial charge in [-0.1, -0.05) is 0 Å². The average molecular weight is 151 g/mol. The van der Waals surface area contributed by atoms with Crippen LogP contribution in [0, 0.1) is 10.1 Å². The van der Waals surface area contributed by atoms with E-state index in [-0.39, 0.29) is 11.0 Å². The van der Waals surface area contributed by atoms with Gasteiger partial charge in [0.2, 0.25) is 0 Å². The second kappa shape index (κ2) is 4.29. The van der Waals surface area contributed by atoms with Crippen molar-refractivity contribution in [3.63, 3.8) is 0 Å². The number of rotatable bonds is 1. The van der Waals surface area contributed by atoms with Gasteiger partial charge in [-0.3, -0.25) is 0 Å². The molecule has 0 aliphatic carbocycles. The first-order valence-corrected chi connectivity index (χ1v) is 1.69. The molecule has 0 unspecified atom stereocenters. The normalized spacial score (nSPS) is 7.20. The van der Waals surface area contributed by atoms with Crippen LogP contribution in [0.1, 0.15) is 0 Å². The zero-order chi connectivity index (χ0) is 5.98. The largest absolute Gasteiger partial charge is 0.477 e. The summed E-state index contributed by atoms with van der Waals surface area (Å²) in [6.07, 6.45) is 0. The molecule has 5 N–H and O–H groups in total. The van der Waals surface area contributed by atoms with Gasteiger partial charge < -0.3 is 21.1 Å². The van der Waals surface area contributed by atoms with E-state index in [0.717, 1.165) is 0 Å². The Morgan fingerprint density at radius 1 is 1.50 bits per heavy atom. The molecule has 58 valence electrons. The number of nitrogens with one attached hydrogen (secondary N) is 1. The monoisotopic (exact) mass is 151 g/mol. The molecule has 0 spiro atoms. The van der Waals surface area contributed by atoms with Crippen molar-refractivity contribution in [2.45, 2.75) is 0 Å². The Morgan fingerprint density at radius 3 is 2.30 bits per heavy atom. The van der Waals surface area contributed by atoms with E-state index in [0.29, 0.717) is 0 Å². The minimum Gasteiger partial charge on any atom is -0.412 e. The maximum absolute atomic E-state index is 9.69. The van der Waals surface area contributed by atoms with E-state index in [2.05, 4.69) is 15.5 Å². The molecule has 0 saturated heterocycles. The Bertz CT molecular complexity index is 182. The van der Waals surface area contributed by atoms with Crippen molar-refractivity contribution in [2.75, 3.05) is 0 Å². The van der Waals surface area contributed by atoms with Crippen LogP contribution in [0.5, 0.6) is 0 Å². The Morgan fingerprint density at radius 2 is 2.10 bits per heavy atom. The fourth-order valence-corrected chi connectivity index (χ4v) is 0.232. The summed E-state index contributed by atoms with van der Waals surface area (Å²) in [7, 11) is 0. The molecule has 0 aliphatic rings. The summed E-state index contributed by atoms with van der Waals surface area (Å²) in [6.45, 7) is 0. The molecule has 10 heavy (non-hydrogen) atoms. The van der Waals surface area contributed by atoms with E-state index in [4.69, 9.17) is 0 Å². The van der Waals surface area contributed by atoms with Crippen LogP contribution in [0.3, 0.4) is 0 Å². The predicted molar refractivity (Wildman–Crippen MR) is 28.1 cm³/mol. The zero-order valence-electron chi connectivity index (χ0n) is 4.61. The van der Waals surface area contributed by atoms with Gasteiger partial charge in [0, 0.05) is 5.21 Å². The molecule has 0 aromatic carbocycles. The topological polar surface area (TPSA) is 161 Å². The molecule has 0 saturated carbocycles. The fourth-order valence-electron chi connectivity index (χ4n) is 0.232. The van der Waals surface area contributed by atoms with Gasteiger partial charge in [-0.25, -0.2) is 0 Å². The second-order valence-corrected chi connectivity index (χ2v) is 0.982. The highest BCUT2D eigenvalue weighted by Gasteiger charge is 2.05. The average Bonchev–Trinajstić information content (AvgIpc) is 2.12. The summed E-state index contributed by atoms with van der Waals surface area (Å²) in [5, 5.41) is 20.6. The van der Waals surface area contributed by atoms with Crippen molar-refractivity contribution in [2.24, 2.45) is 0 Å². The highest BCUT2D eigenvalue weighted by molar-refractivity contribution is 4.91. The lowest BCUT2D eigenvalue weighted by atomic mass is 11.1. The maximum atomic E-state index is 9.69. The van der Waals surface area contributed by atoms with Crippen LogP contribution in [0.2, 0.25) is 0 Å². The first kappa shape index (κ1) is 11.2. The van der Waals surface area contributed by atoms with Crippen molar-refractivity contribution < 1.29 is 15.9 Å². The third-order valence-electron chi connectivity index (χ3n) is 0.507. The molecule has 0 radical (unpaired) electrons. The molecule has 0 aliphatic heterocycles. The number of aromatic amines is 1. The molecule has 0 bridgehead atoms. The quantitative estimate of drug-likeness (QED) is 0.344. The van der Waals surface area contributed by atoms with Gasteiger partial charge in [-0.15, -0.1) is 5.10 Å². The summed E-state index contributed by atoms with van der Waals surface area (Å²) in [5.74, 6) is -0.440. The van der Waals surface area contributed by atoms with Crippen molar-refractivity contribution in [3.05, 3.63) is 10.1 Å². The van der Waals surface area contributed by atoms with Crippen LogP contribution >= 0.6 is 0 Å². The van der Waals surface area contributed by atoms with Gasteiger partial charge in [0.05, 0.1) is 10.3 Å². The van der Waals surface area contributed by atoms with Crippen LogP contribution in [-0.2, 0) is 0 Å². The molecule has 0 atom stereocenters. The van der Waals surface area contributed by atoms with Crippen LogP contribution in [0.15, 0.2) is 0 Å². The van der Waals surface area contributed by atoms with Gasteiger partial charge in [0.25, 0.3) is 0 Å². The highest BCUT2D eigenvalue weighted by Crippen LogP contribution is 1.91. The van der Waals surface area contributed by atoms with E-state index in [1.165, 1.54) is 0 Å². The number of nitrogens with zero attached hydrogens (tertiary/aromatic N) is 4. The number of hydrogen-bond acceptors (Lipinski definition) is 5. The third kappa shape index (κ3) is 2.11. The van der Waals surface area contributed by atoms with Gasteiger partial charge in [0.15, 0.2) is 0 Å². The van der Waals surface area contributed by atoms with E-state index in [1.54, 1.807) is 0 Å². The van der Waals surface area contributed by atoms with Crippen LogP contribution in [0.25, 0.3) is 0 Å². The zero-order valence-corrected chi connectivity index (χ0v) is 4.61. The number of hydrogen-bond donors (Lipinski definition) is 1. The highest BCUT2D eigenvalue weighted by atomic mass is 16.6. The first-order chi connectivity index (χ1) is 3.80. The van der Waals surface area contributed by atoms with Crippen LogP contribution in [0.4, 0.5) is 5.95 Å². The van der Waals surface area contributed by atoms with Gasteiger partial charge in [0.1, 0.15) is 0 Å². The Hall–Kier alpha value is -1.61. The maximum Gasteiger partial charge on any atom is 0.477 e. The molecule has 9 nitrogen and oxygen atoms in total. The molecular formula is CH5N5O4. The molecule has 1 rings (SSSR count). The molecule has 1 heterocycles. The van der Waals surface area contributed by atoms with E-state index in [1.807, 2.05) is 5.10 Å². The predicted octanol–water partition coefficient (Wildman–Crippen LogP) is -2.54. The SMILES string of the molecule is O.O.O=[N+]([O-])c1nnn[nH]1. The fraction of sp³-hybridized carbons (Fsp3) is 0. The van der Waals surface area contributed by atoms with Crippen molar-refractivity contribution in [3.8, 4) is 0 Å². The molecular weight excluding hydrogens is 146 g/mol. The number of H-pyrrole nitrogens is 1. The minimum atomic E-state index is -0.708. The Kier molecular flexibility index (Phi) is 4.81. The summed E-state index contributed by atoms with van der Waals surface area (Å²) >= 11 is 0. The minimum absolute atomic E-state index is 0. The summed E-state index contributed by atoms with van der Waals surface area (Å²) in [6, 6.07) is 0. The Balaban J connectivity index is 0. The van der Waals surface area contributed by atoms with Crippen LogP contribution in [-0.4, -0.2) is 36.5 Å².